The highest BCUT2D eigenvalue weighted by Gasteiger charge is 2.26. The second-order valence-corrected chi connectivity index (χ2v) is 17.6. The van der Waals surface area contributed by atoms with Crippen LogP contribution in [0.25, 0.3) is 0 Å². The van der Waals surface area contributed by atoms with E-state index in [1.165, 1.54) is 128 Å². The number of aliphatic hydroxyl groups is 2. The molecule has 3 N–H and O–H groups in total. The van der Waals surface area contributed by atoms with Crippen LogP contribution in [-0.2, 0) is 27.9 Å². The summed E-state index contributed by atoms with van der Waals surface area (Å²) < 4.78 is 33.4. The molecule has 9 nitrogen and oxygen atoms in total. The fourth-order valence-corrected chi connectivity index (χ4v) is 7.51. The molecule has 0 bridgehead atoms. The highest BCUT2D eigenvalue weighted by molar-refractivity contribution is 7.47. The molecule has 0 aromatic rings. The maximum absolute atomic E-state index is 12.7. The largest absolute Gasteiger partial charge is 0.472 e. The van der Waals surface area contributed by atoms with Gasteiger partial charge in [-0.05, 0) is 44.9 Å². The smallest absolute Gasteiger partial charge is 0.457 e. The maximum Gasteiger partial charge on any atom is 0.472 e. The van der Waals surface area contributed by atoms with E-state index in [1.807, 2.05) is 0 Å². The molecule has 0 amide bonds. The SMILES string of the molecule is CC/C=C\C/C=C\C/C=C\CCCCCCOCC(COP(=O)(O)OCC(O)CO)OC(=O)CCCCCCCCCCCCCCCCCCCCCCCCC. The monoisotopic (exact) mass is 843 g/mol. The van der Waals surface area contributed by atoms with E-state index in [0.29, 0.717) is 6.61 Å². The summed E-state index contributed by atoms with van der Waals surface area (Å²) in [6.07, 6.45) is 49.8. The van der Waals surface area contributed by atoms with Crippen molar-refractivity contribution in [1.29, 1.82) is 0 Å². The molecule has 0 aliphatic heterocycles. The third kappa shape index (κ3) is 44.2. The van der Waals surface area contributed by atoms with E-state index in [9.17, 15) is 19.4 Å². The summed E-state index contributed by atoms with van der Waals surface area (Å²) in [5.41, 5.74) is 0. The van der Waals surface area contributed by atoms with Crippen molar-refractivity contribution in [1.82, 2.24) is 0 Å². The van der Waals surface area contributed by atoms with Crippen molar-refractivity contribution in [3.63, 3.8) is 0 Å². The molecule has 3 atom stereocenters. The Labute approximate surface area is 356 Å². The normalized spacial score (nSPS) is 14.2. The molecule has 0 aliphatic carbocycles. The number of ether oxygens (including phenoxy) is 2. The molecule has 342 valence electrons. The Hall–Kier alpha value is -1.32. The fraction of sp³-hybridized carbons (Fsp3) is 0.854. The minimum Gasteiger partial charge on any atom is -0.457 e. The lowest BCUT2D eigenvalue weighted by Crippen LogP contribution is -2.29. The van der Waals surface area contributed by atoms with E-state index in [0.717, 1.165) is 70.6 Å². The number of esters is 1. The predicted molar refractivity (Wildman–Crippen MR) is 242 cm³/mol. The van der Waals surface area contributed by atoms with E-state index in [-0.39, 0.29) is 25.6 Å². The first-order valence-electron chi connectivity index (χ1n) is 24.0. The molecule has 0 aliphatic rings. The van der Waals surface area contributed by atoms with Crippen LogP contribution >= 0.6 is 7.82 Å². The summed E-state index contributed by atoms with van der Waals surface area (Å²) in [5, 5.41) is 18.4. The lowest BCUT2D eigenvalue weighted by molar-refractivity contribution is -0.154. The van der Waals surface area contributed by atoms with Crippen LogP contribution in [0.15, 0.2) is 36.5 Å². The Morgan fingerprint density at radius 1 is 0.552 bits per heavy atom. The quantitative estimate of drug-likeness (QED) is 0.0237. The topological polar surface area (TPSA) is 132 Å². The van der Waals surface area contributed by atoms with E-state index in [4.69, 9.17) is 23.6 Å². The second-order valence-electron chi connectivity index (χ2n) is 16.1. The molecule has 0 aromatic carbocycles. The van der Waals surface area contributed by atoms with Gasteiger partial charge in [-0.1, -0.05) is 204 Å². The van der Waals surface area contributed by atoms with Crippen LogP contribution in [0.3, 0.4) is 0 Å². The third-order valence-electron chi connectivity index (χ3n) is 10.3. The number of hydrogen-bond acceptors (Lipinski definition) is 8. The summed E-state index contributed by atoms with van der Waals surface area (Å²) in [7, 11) is -4.52. The van der Waals surface area contributed by atoms with Gasteiger partial charge >= 0.3 is 13.8 Å². The zero-order valence-electron chi connectivity index (χ0n) is 37.5. The molecule has 10 heteroatoms. The van der Waals surface area contributed by atoms with Crippen molar-refractivity contribution in [2.24, 2.45) is 0 Å². The molecule has 58 heavy (non-hydrogen) atoms. The number of phosphoric ester groups is 1. The first-order chi connectivity index (χ1) is 28.3. The van der Waals surface area contributed by atoms with Gasteiger partial charge in [0.15, 0.2) is 0 Å². The van der Waals surface area contributed by atoms with Crippen LogP contribution in [0.1, 0.15) is 219 Å². The van der Waals surface area contributed by atoms with E-state index in [2.05, 4.69) is 50.3 Å². The van der Waals surface area contributed by atoms with Gasteiger partial charge in [0.25, 0.3) is 0 Å². The highest BCUT2D eigenvalue weighted by atomic mass is 31.2. The standard InChI is InChI=1S/C48H91O9P/c1-3-5-7-9-11-13-15-17-19-20-21-22-23-24-25-26-27-28-30-32-34-36-38-40-48(51)57-47(45-56-58(52,53)55-43-46(50)42-49)44-54-41-39-37-35-33-31-29-18-16-14-12-10-8-6-4-2/h6,8,12,14,18,29,46-47,49-50H,3-5,7,9-11,13,15-17,19-28,30-45H2,1-2H3,(H,52,53)/b8-6-,14-12-,29-18-. The fourth-order valence-electron chi connectivity index (χ4n) is 6.72. The third-order valence-corrected chi connectivity index (χ3v) is 11.3. The van der Waals surface area contributed by atoms with E-state index < -0.39 is 33.2 Å². The van der Waals surface area contributed by atoms with Crippen molar-refractivity contribution in [3.05, 3.63) is 36.5 Å². The van der Waals surface area contributed by atoms with Gasteiger partial charge in [-0.25, -0.2) is 4.57 Å². The number of allylic oxidation sites excluding steroid dienone is 6. The van der Waals surface area contributed by atoms with Gasteiger partial charge in [-0.2, -0.15) is 0 Å². The molecule has 0 saturated heterocycles. The zero-order valence-corrected chi connectivity index (χ0v) is 38.4. The van der Waals surface area contributed by atoms with E-state index >= 15 is 0 Å². The molecule has 3 unspecified atom stereocenters. The van der Waals surface area contributed by atoms with Crippen molar-refractivity contribution in [2.75, 3.05) is 33.0 Å². The van der Waals surface area contributed by atoms with Gasteiger partial charge in [0, 0.05) is 13.0 Å². The Morgan fingerprint density at radius 3 is 1.48 bits per heavy atom. The number of carbonyl (C=O) groups is 1. The lowest BCUT2D eigenvalue weighted by Gasteiger charge is -2.20. The number of rotatable bonds is 46. The second kappa shape index (κ2) is 45.2. The minimum absolute atomic E-state index is 0.0366. The van der Waals surface area contributed by atoms with Crippen molar-refractivity contribution in [2.45, 2.75) is 232 Å². The first kappa shape index (κ1) is 56.7. The molecular formula is C48H91O9P. The summed E-state index contributed by atoms with van der Waals surface area (Å²) in [5.74, 6) is -0.387. The average molecular weight is 843 g/mol. The highest BCUT2D eigenvalue weighted by Crippen LogP contribution is 2.43. The summed E-state index contributed by atoms with van der Waals surface area (Å²) in [6, 6.07) is 0. The minimum atomic E-state index is -4.52. The van der Waals surface area contributed by atoms with Crippen molar-refractivity contribution < 1.29 is 43.0 Å². The van der Waals surface area contributed by atoms with Gasteiger partial charge in [-0.15, -0.1) is 0 Å². The molecule has 0 spiro atoms. The Morgan fingerprint density at radius 2 is 0.983 bits per heavy atom. The zero-order chi connectivity index (χ0) is 42.5. The van der Waals surface area contributed by atoms with Crippen LogP contribution in [0.4, 0.5) is 0 Å². The molecule has 0 saturated carbocycles. The number of phosphoric acid groups is 1. The molecule has 0 rings (SSSR count). The van der Waals surface area contributed by atoms with Gasteiger partial charge in [0.1, 0.15) is 12.2 Å². The van der Waals surface area contributed by atoms with Gasteiger partial charge in [0.05, 0.1) is 26.4 Å². The Balaban J connectivity index is 4.05. The van der Waals surface area contributed by atoms with Crippen molar-refractivity contribution >= 4 is 13.8 Å². The molecule has 0 radical (unpaired) electrons. The summed E-state index contributed by atoms with van der Waals surface area (Å²) in [4.78, 5) is 22.6. The summed E-state index contributed by atoms with van der Waals surface area (Å²) >= 11 is 0. The molecule has 0 heterocycles. The molecular weight excluding hydrogens is 751 g/mol. The van der Waals surface area contributed by atoms with Gasteiger partial charge < -0.3 is 24.6 Å². The molecule has 0 fully saturated rings. The molecule has 0 aromatic heterocycles. The van der Waals surface area contributed by atoms with Gasteiger partial charge in [-0.3, -0.25) is 13.8 Å². The van der Waals surface area contributed by atoms with Gasteiger partial charge in [0.2, 0.25) is 0 Å². The first-order valence-corrected chi connectivity index (χ1v) is 25.5. The lowest BCUT2D eigenvalue weighted by atomic mass is 10.0. The van der Waals surface area contributed by atoms with Crippen LogP contribution in [0.2, 0.25) is 0 Å². The average Bonchev–Trinajstić information content (AvgIpc) is 3.21. The number of carbonyl (C=O) groups excluding carboxylic acids is 1. The van der Waals surface area contributed by atoms with Crippen LogP contribution in [0.5, 0.6) is 0 Å². The number of unbranched alkanes of at least 4 members (excludes halogenated alkanes) is 26. The number of aliphatic hydroxyl groups excluding tert-OH is 2. The van der Waals surface area contributed by atoms with Crippen LogP contribution in [0, 0.1) is 0 Å². The predicted octanol–water partition coefficient (Wildman–Crippen LogP) is 13.6. The maximum atomic E-state index is 12.7. The van der Waals surface area contributed by atoms with Crippen LogP contribution < -0.4 is 0 Å². The number of hydrogen-bond donors (Lipinski definition) is 3. The van der Waals surface area contributed by atoms with Crippen molar-refractivity contribution in [3.8, 4) is 0 Å². The Bertz CT molecular complexity index is 1000. The van der Waals surface area contributed by atoms with Crippen LogP contribution in [-0.4, -0.2) is 66.3 Å². The summed E-state index contributed by atoms with van der Waals surface area (Å²) in [6.45, 7) is 3.38. The Kier molecular flexibility index (Phi) is 44.2. The van der Waals surface area contributed by atoms with E-state index in [1.54, 1.807) is 0 Å².